The summed E-state index contributed by atoms with van der Waals surface area (Å²) < 4.78 is 14.5. The first-order chi connectivity index (χ1) is 8.45. The van der Waals surface area contributed by atoms with E-state index in [1.165, 1.54) is 18.4 Å². The summed E-state index contributed by atoms with van der Waals surface area (Å²) in [5, 5.41) is 0. The van der Waals surface area contributed by atoms with Gasteiger partial charge in [-0.15, -0.1) is 11.3 Å². The van der Waals surface area contributed by atoms with E-state index in [4.69, 9.17) is 9.47 Å². The smallest absolute Gasteiger partial charge is 0.444 e. The Labute approximate surface area is 108 Å². The number of aryl methyl sites for hydroxylation is 1. The number of hydrogen-bond acceptors (Lipinski definition) is 6. The molecule has 6 heteroatoms. The molecule has 0 N–H and O–H groups in total. The fraction of sp³-hybridized carbons (Fsp3) is 0.333. The standard InChI is InChI=1S/C12H12O5S/c1-7-4-5-9(18-7)12(2)8(13)6-10(17-12)16-11(14)15-3/h4-6H,1-3H3. The van der Waals surface area contributed by atoms with Crippen molar-refractivity contribution >= 4 is 23.3 Å². The van der Waals surface area contributed by atoms with Gasteiger partial charge in [-0.25, -0.2) is 4.79 Å². The molecule has 0 aromatic carbocycles. The molecule has 0 saturated heterocycles. The molecule has 1 aliphatic rings. The zero-order valence-electron chi connectivity index (χ0n) is 10.2. The quantitative estimate of drug-likeness (QED) is 0.771. The number of ketones is 1. The highest BCUT2D eigenvalue weighted by molar-refractivity contribution is 7.12. The minimum absolute atomic E-state index is 0.139. The predicted octanol–water partition coefficient (Wildman–Crippen LogP) is 2.50. The molecule has 96 valence electrons. The molecule has 0 radical (unpaired) electrons. The normalized spacial score (nSPS) is 22.4. The van der Waals surface area contributed by atoms with Gasteiger partial charge in [0, 0.05) is 4.88 Å². The first-order valence-electron chi connectivity index (χ1n) is 5.23. The molecule has 0 bridgehead atoms. The van der Waals surface area contributed by atoms with Crippen LogP contribution in [0, 0.1) is 6.92 Å². The van der Waals surface area contributed by atoms with Crippen LogP contribution in [0.15, 0.2) is 24.2 Å². The van der Waals surface area contributed by atoms with E-state index in [1.54, 1.807) is 6.92 Å². The topological polar surface area (TPSA) is 61.8 Å². The maximum atomic E-state index is 12.0. The van der Waals surface area contributed by atoms with E-state index in [2.05, 4.69) is 4.74 Å². The zero-order chi connectivity index (χ0) is 13.3. The second kappa shape index (κ2) is 4.45. The summed E-state index contributed by atoms with van der Waals surface area (Å²) in [6.45, 7) is 3.58. The second-order valence-corrected chi connectivity index (χ2v) is 5.22. The number of rotatable bonds is 2. The molecular formula is C12H12O5S. The average molecular weight is 268 g/mol. The van der Waals surface area contributed by atoms with Crippen LogP contribution in [0.25, 0.3) is 0 Å². The zero-order valence-corrected chi connectivity index (χ0v) is 11.0. The molecule has 5 nitrogen and oxygen atoms in total. The Morgan fingerprint density at radius 1 is 1.44 bits per heavy atom. The van der Waals surface area contributed by atoms with Crippen molar-refractivity contribution in [3.05, 3.63) is 33.9 Å². The largest absolute Gasteiger partial charge is 0.516 e. The molecule has 0 fully saturated rings. The van der Waals surface area contributed by atoms with Gasteiger partial charge in [-0.1, -0.05) is 0 Å². The lowest BCUT2D eigenvalue weighted by atomic mass is 10.0. The highest BCUT2D eigenvalue weighted by Gasteiger charge is 2.44. The third-order valence-electron chi connectivity index (χ3n) is 2.58. The second-order valence-electron chi connectivity index (χ2n) is 3.93. The number of ether oxygens (including phenoxy) is 3. The Hall–Kier alpha value is -1.82. The minimum atomic E-state index is -1.12. The SMILES string of the molecule is COC(=O)OC1=CC(=O)C(C)(c2ccc(C)s2)O1. The van der Waals surface area contributed by atoms with E-state index in [0.717, 1.165) is 15.8 Å². The van der Waals surface area contributed by atoms with Gasteiger partial charge in [-0.2, -0.15) is 0 Å². The van der Waals surface area contributed by atoms with Crippen molar-refractivity contribution in [2.75, 3.05) is 7.11 Å². The third kappa shape index (κ3) is 2.11. The van der Waals surface area contributed by atoms with Crippen LogP contribution in [0.3, 0.4) is 0 Å². The van der Waals surface area contributed by atoms with Gasteiger partial charge in [0.1, 0.15) is 0 Å². The van der Waals surface area contributed by atoms with E-state index >= 15 is 0 Å². The van der Waals surface area contributed by atoms with Crippen molar-refractivity contribution in [1.29, 1.82) is 0 Å². The molecule has 2 rings (SSSR count). The average Bonchev–Trinajstić information content (AvgIpc) is 2.85. The van der Waals surface area contributed by atoms with E-state index in [1.807, 2.05) is 19.1 Å². The maximum Gasteiger partial charge on any atom is 0.516 e. The van der Waals surface area contributed by atoms with E-state index in [0.29, 0.717) is 0 Å². The molecule has 0 saturated carbocycles. The molecule has 0 spiro atoms. The van der Waals surface area contributed by atoms with Gasteiger partial charge in [0.25, 0.3) is 5.95 Å². The number of thiophene rings is 1. The van der Waals surface area contributed by atoms with Gasteiger partial charge in [0.2, 0.25) is 11.4 Å². The summed E-state index contributed by atoms with van der Waals surface area (Å²) in [6, 6.07) is 3.73. The van der Waals surface area contributed by atoms with Crippen LogP contribution in [0.5, 0.6) is 0 Å². The summed E-state index contributed by atoms with van der Waals surface area (Å²) in [4.78, 5) is 24.8. The summed E-state index contributed by atoms with van der Waals surface area (Å²) in [6.07, 6.45) is 0.243. The lowest BCUT2D eigenvalue weighted by Gasteiger charge is -2.21. The number of carbonyl (C=O) groups excluding carboxylic acids is 2. The Kier molecular flexibility index (Phi) is 3.13. The molecule has 1 aromatic heterocycles. The molecule has 1 aromatic rings. The third-order valence-corrected chi connectivity index (χ3v) is 3.79. The van der Waals surface area contributed by atoms with E-state index in [9.17, 15) is 9.59 Å². The monoisotopic (exact) mass is 268 g/mol. The number of hydrogen-bond donors (Lipinski definition) is 0. The van der Waals surface area contributed by atoms with Gasteiger partial charge < -0.3 is 14.2 Å². The summed E-state index contributed by atoms with van der Waals surface area (Å²) in [5.74, 6) is -0.399. The van der Waals surface area contributed by atoms with Gasteiger partial charge in [-0.05, 0) is 26.0 Å². The highest BCUT2D eigenvalue weighted by atomic mass is 32.1. The molecular weight excluding hydrogens is 256 g/mol. The Bertz CT molecular complexity index is 530. The van der Waals surface area contributed by atoms with Crippen LogP contribution in [-0.2, 0) is 24.6 Å². The van der Waals surface area contributed by atoms with Crippen molar-refractivity contribution in [2.45, 2.75) is 19.4 Å². The van der Waals surface area contributed by atoms with Crippen molar-refractivity contribution in [3.63, 3.8) is 0 Å². The molecule has 0 aliphatic carbocycles. The van der Waals surface area contributed by atoms with Crippen molar-refractivity contribution in [3.8, 4) is 0 Å². The highest BCUT2D eigenvalue weighted by Crippen LogP contribution is 2.38. The Morgan fingerprint density at radius 3 is 2.72 bits per heavy atom. The number of carbonyl (C=O) groups is 2. The molecule has 0 amide bonds. The van der Waals surface area contributed by atoms with E-state index < -0.39 is 11.8 Å². The lowest BCUT2D eigenvalue weighted by Crippen LogP contribution is -2.28. The molecule has 1 aliphatic heterocycles. The summed E-state index contributed by atoms with van der Waals surface area (Å²) >= 11 is 1.46. The van der Waals surface area contributed by atoms with Crippen LogP contribution in [0.4, 0.5) is 4.79 Å². The molecule has 1 unspecified atom stereocenters. The first kappa shape index (κ1) is 12.6. The predicted molar refractivity (Wildman–Crippen MR) is 64.1 cm³/mol. The Morgan fingerprint density at radius 2 is 2.17 bits per heavy atom. The van der Waals surface area contributed by atoms with Crippen LogP contribution < -0.4 is 0 Å². The maximum absolute atomic E-state index is 12.0. The van der Waals surface area contributed by atoms with Gasteiger partial charge in [0.15, 0.2) is 0 Å². The van der Waals surface area contributed by atoms with Crippen molar-refractivity contribution < 1.29 is 23.8 Å². The lowest BCUT2D eigenvalue weighted by molar-refractivity contribution is -0.132. The summed E-state index contributed by atoms with van der Waals surface area (Å²) in [5.41, 5.74) is -1.12. The molecule has 1 atom stereocenters. The summed E-state index contributed by atoms with van der Waals surface area (Å²) in [7, 11) is 1.18. The fourth-order valence-electron chi connectivity index (χ4n) is 1.56. The van der Waals surface area contributed by atoms with Crippen LogP contribution in [0.1, 0.15) is 16.7 Å². The molecule has 2 heterocycles. The first-order valence-corrected chi connectivity index (χ1v) is 6.05. The molecule has 18 heavy (non-hydrogen) atoms. The van der Waals surface area contributed by atoms with Crippen molar-refractivity contribution in [1.82, 2.24) is 0 Å². The van der Waals surface area contributed by atoms with Gasteiger partial charge in [0.05, 0.1) is 18.1 Å². The van der Waals surface area contributed by atoms with Crippen LogP contribution in [0.2, 0.25) is 0 Å². The van der Waals surface area contributed by atoms with Crippen LogP contribution in [-0.4, -0.2) is 19.0 Å². The fourth-order valence-corrected chi connectivity index (χ4v) is 2.52. The van der Waals surface area contributed by atoms with Crippen LogP contribution >= 0.6 is 11.3 Å². The minimum Gasteiger partial charge on any atom is -0.444 e. The van der Waals surface area contributed by atoms with Gasteiger partial charge in [-0.3, -0.25) is 4.79 Å². The Balaban J connectivity index is 2.19. The van der Waals surface area contributed by atoms with Crippen molar-refractivity contribution in [2.24, 2.45) is 0 Å². The van der Waals surface area contributed by atoms with E-state index in [-0.39, 0.29) is 11.7 Å². The van der Waals surface area contributed by atoms with Gasteiger partial charge >= 0.3 is 6.16 Å². The number of methoxy groups -OCH3 is 1.